The van der Waals surface area contributed by atoms with E-state index in [0.29, 0.717) is 15.9 Å². The lowest BCUT2D eigenvalue weighted by Crippen LogP contribution is -2.20. The Kier molecular flexibility index (Phi) is 5.30. The van der Waals surface area contributed by atoms with Gasteiger partial charge in [0.15, 0.2) is 13.2 Å². The summed E-state index contributed by atoms with van der Waals surface area (Å²) in [4.78, 5) is 25.1. The molecule has 0 unspecified atom stereocenters. The average Bonchev–Trinajstić information content (AvgIpc) is 3.09. The fourth-order valence-electron chi connectivity index (χ4n) is 2.09. The van der Waals surface area contributed by atoms with Gasteiger partial charge in [0.05, 0.1) is 0 Å². The smallest absolute Gasteiger partial charge is 0.330 e. The number of tetrazole rings is 1. The Bertz CT molecular complexity index is 896. The molecule has 3 aromatic rings. The Hall–Kier alpha value is -2.87. The Morgan fingerprint density at radius 1 is 1.04 bits per heavy atom. The van der Waals surface area contributed by atoms with Gasteiger partial charge in [-0.15, -0.1) is 10.2 Å². The third kappa shape index (κ3) is 4.36. The number of carbonyl (C=O) groups excluding carboxylic acids is 2. The lowest BCUT2D eigenvalue weighted by Gasteiger charge is -2.05. The van der Waals surface area contributed by atoms with E-state index >= 15 is 0 Å². The summed E-state index contributed by atoms with van der Waals surface area (Å²) in [6.45, 7) is -0.565. The number of carbonyl (C=O) groups is 2. The van der Waals surface area contributed by atoms with Crippen molar-refractivity contribution < 1.29 is 14.3 Å². The van der Waals surface area contributed by atoms with E-state index in [1.165, 1.54) is 0 Å². The molecule has 0 radical (unpaired) electrons. The van der Waals surface area contributed by atoms with Crippen molar-refractivity contribution in [1.29, 1.82) is 0 Å². The molecule has 0 aliphatic rings. The third-order valence-corrected chi connectivity index (χ3v) is 3.99. The number of ketones is 1. The second kappa shape index (κ2) is 7.80. The molecular formula is C17H13BrN4O3. The van der Waals surface area contributed by atoms with Crippen LogP contribution in [0.15, 0.2) is 59.1 Å². The van der Waals surface area contributed by atoms with Crippen LogP contribution in [0.2, 0.25) is 0 Å². The van der Waals surface area contributed by atoms with Gasteiger partial charge in [0.25, 0.3) is 0 Å². The van der Waals surface area contributed by atoms with E-state index in [2.05, 4.69) is 31.3 Å². The molecule has 0 N–H and O–H groups in total. The molecule has 0 saturated heterocycles. The topological polar surface area (TPSA) is 87.0 Å². The van der Waals surface area contributed by atoms with E-state index in [0.717, 1.165) is 10.4 Å². The molecule has 0 aliphatic carbocycles. The van der Waals surface area contributed by atoms with Crippen molar-refractivity contribution in [2.24, 2.45) is 0 Å². The van der Waals surface area contributed by atoms with Crippen LogP contribution in [0.1, 0.15) is 10.4 Å². The molecule has 0 atom stereocenters. The predicted octanol–water partition coefficient (Wildman–Crippen LogP) is 2.53. The van der Waals surface area contributed by atoms with Crippen molar-refractivity contribution in [3.05, 3.63) is 64.6 Å². The Labute approximate surface area is 151 Å². The third-order valence-electron chi connectivity index (χ3n) is 3.29. The van der Waals surface area contributed by atoms with Gasteiger partial charge in [-0.25, -0.2) is 4.79 Å². The molecule has 126 valence electrons. The lowest BCUT2D eigenvalue weighted by molar-refractivity contribution is -0.143. The number of halogens is 1. The molecule has 0 fully saturated rings. The minimum atomic E-state index is -0.614. The Morgan fingerprint density at radius 2 is 1.76 bits per heavy atom. The normalized spacial score (nSPS) is 10.4. The number of rotatable bonds is 6. The summed E-state index contributed by atoms with van der Waals surface area (Å²) in [5, 5.41) is 11.8. The second-order valence-corrected chi connectivity index (χ2v) is 5.93. The van der Waals surface area contributed by atoms with Gasteiger partial charge in [-0.05, 0) is 11.3 Å². The van der Waals surface area contributed by atoms with Crippen LogP contribution in [-0.2, 0) is 16.1 Å². The van der Waals surface area contributed by atoms with E-state index in [9.17, 15) is 9.59 Å². The maximum absolute atomic E-state index is 12.1. The number of nitrogens with zero attached hydrogens (tertiary/aromatic N) is 4. The maximum atomic E-state index is 12.1. The van der Waals surface area contributed by atoms with E-state index in [4.69, 9.17) is 4.74 Å². The number of hydrogen-bond donors (Lipinski definition) is 0. The minimum absolute atomic E-state index is 0.219. The van der Waals surface area contributed by atoms with E-state index in [1.807, 2.05) is 30.3 Å². The van der Waals surface area contributed by atoms with Gasteiger partial charge in [0, 0.05) is 15.6 Å². The first-order valence-electron chi connectivity index (χ1n) is 7.40. The van der Waals surface area contributed by atoms with E-state index < -0.39 is 5.97 Å². The highest BCUT2D eigenvalue weighted by Gasteiger charge is 2.14. The first-order chi connectivity index (χ1) is 12.1. The van der Waals surface area contributed by atoms with Gasteiger partial charge in [-0.1, -0.05) is 64.5 Å². The number of ether oxygens (including phenoxy) is 1. The Balaban J connectivity index is 1.56. The molecule has 1 heterocycles. The lowest BCUT2D eigenvalue weighted by atomic mass is 10.1. The standard InChI is InChI=1S/C17H13BrN4O3/c18-14-9-5-4-8-13(14)15(23)11-25-16(24)10-22-20-17(19-21-22)12-6-2-1-3-7-12/h1-9H,10-11H2. The van der Waals surface area contributed by atoms with Crippen molar-refractivity contribution >= 4 is 27.7 Å². The van der Waals surface area contributed by atoms with Crippen LogP contribution in [0.5, 0.6) is 0 Å². The number of esters is 1. The molecule has 3 rings (SSSR count). The molecule has 7 nitrogen and oxygen atoms in total. The number of hydrogen-bond acceptors (Lipinski definition) is 6. The summed E-state index contributed by atoms with van der Waals surface area (Å²) in [7, 11) is 0. The molecule has 0 saturated carbocycles. The monoisotopic (exact) mass is 400 g/mol. The molecule has 25 heavy (non-hydrogen) atoms. The first-order valence-corrected chi connectivity index (χ1v) is 8.19. The summed E-state index contributed by atoms with van der Waals surface area (Å²) in [5.41, 5.74) is 1.26. The zero-order chi connectivity index (χ0) is 17.6. The van der Waals surface area contributed by atoms with Crippen LogP contribution in [0.4, 0.5) is 0 Å². The summed E-state index contributed by atoms with van der Waals surface area (Å²) in [6, 6.07) is 16.2. The fourth-order valence-corrected chi connectivity index (χ4v) is 2.59. The van der Waals surface area contributed by atoms with Gasteiger partial charge in [-0.3, -0.25) is 4.79 Å². The molecule has 0 aliphatic heterocycles. The van der Waals surface area contributed by atoms with Crippen molar-refractivity contribution in [2.75, 3.05) is 6.61 Å². The second-order valence-electron chi connectivity index (χ2n) is 5.07. The fraction of sp³-hybridized carbons (Fsp3) is 0.118. The van der Waals surface area contributed by atoms with Gasteiger partial charge in [-0.2, -0.15) is 4.80 Å². The number of Topliss-reactive ketones (excluding diaryl/α,β-unsaturated/α-hetero) is 1. The van der Waals surface area contributed by atoms with Gasteiger partial charge in [0.2, 0.25) is 11.6 Å². The number of benzene rings is 2. The van der Waals surface area contributed by atoms with Crippen molar-refractivity contribution in [3.8, 4) is 11.4 Å². The average molecular weight is 401 g/mol. The largest absolute Gasteiger partial charge is 0.456 e. The Morgan fingerprint density at radius 3 is 2.52 bits per heavy atom. The summed E-state index contributed by atoms with van der Waals surface area (Å²) in [5.74, 6) is -0.493. The van der Waals surface area contributed by atoms with Crippen LogP contribution < -0.4 is 0 Å². The SMILES string of the molecule is O=C(Cn1nnc(-c2ccccc2)n1)OCC(=O)c1ccccc1Br. The quantitative estimate of drug-likeness (QED) is 0.466. The zero-order valence-electron chi connectivity index (χ0n) is 13.0. The molecule has 0 bridgehead atoms. The van der Waals surface area contributed by atoms with Crippen molar-refractivity contribution in [3.63, 3.8) is 0 Å². The maximum Gasteiger partial charge on any atom is 0.330 e. The minimum Gasteiger partial charge on any atom is -0.456 e. The summed E-state index contributed by atoms with van der Waals surface area (Å²) >= 11 is 3.29. The van der Waals surface area contributed by atoms with Crippen LogP contribution in [0.25, 0.3) is 11.4 Å². The molecule has 1 aromatic heterocycles. The molecule has 2 aromatic carbocycles. The molecule has 0 amide bonds. The molecule has 0 spiro atoms. The van der Waals surface area contributed by atoms with Crippen LogP contribution in [-0.4, -0.2) is 38.6 Å². The molecule has 8 heteroatoms. The van der Waals surface area contributed by atoms with Crippen LogP contribution in [0.3, 0.4) is 0 Å². The predicted molar refractivity (Wildman–Crippen MR) is 92.7 cm³/mol. The van der Waals surface area contributed by atoms with Crippen molar-refractivity contribution in [1.82, 2.24) is 20.2 Å². The van der Waals surface area contributed by atoms with Crippen LogP contribution in [0, 0.1) is 0 Å². The van der Waals surface area contributed by atoms with Gasteiger partial charge < -0.3 is 4.74 Å². The number of aromatic nitrogens is 4. The van der Waals surface area contributed by atoms with Crippen molar-refractivity contribution in [2.45, 2.75) is 6.54 Å². The first kappa shape index (κ1) is 17.0. The van der Waals surface area contributed by atoms with Crippen LogP contribution >= 0.6 is 15.9 Å². The molecular weight excluding hydrogens is 388 g/mol. The highest BCUT2D eigenvalue weighted by molar-refractivity contribution is 9.10. The van der Waals surface area contributed by atoms with Gasteiger partial charge in [0.1, 0.15) is 0 Å². The summed E-state index contributed by atoms with van der Waals surface area (Å²) < 4.78 is 5.65. The zero-order valence-corrected chi connectivity index (χ0v) is 14.6. The summed E-state index contributed by atoms with van der Waals surface area (Å²) in [6.07, 6.45) is 0. The van der Waals surface area contributed by atoms with E-state index in [1.54, 1.807) is 24.3 Å². The van der Waals surface area contributed by atoms with E-state index in [-0.39, 0.29) is 18.9 Å². The highest BCUT2D eigenvalue weighted by Crippen LogP contribution is 2.16. The highest BCUT2D eigenvalue weighted by atomic mass is 79.9. The van der Waals surface area contributed by atoms with Gasteiger partial charge >= 0.3 is 5.97 Å².